The van der Waals surface area contributed by atoms with Gasteiger partial charge in [-0.3, -0.25) is 0 Å². The Balaban J connectivity index is 1.69. The van der Waals surface area contributed by atoms with Crippen molar-refractivity contribution >= 4 is 0 Å². The number of rotatable bonds is 5. The number of benzene rings is 1. The van der Waals surface area contributed by atoms with Crippen molar-refractivity contribution in [2.45, 2.75) is 25.2 Å². The Morgan fingerprint density at radius 1 is 1.26 bits per heavy atom. The first-order chi connectivity index (χ1) is 9.38. The van der Waals surface area contributed by atoms with Gasteiger partial charge in [0, 0.05) is 5.57 Å². The van der Waals surface area contributed by atoms with E-state index in [2.05, 4.69) is 24.3 Å². The molecule has 3 nitrogen and oxygen atoms in total. The van der Waals surface area contributed by atoms with Gasteiger partial charge < -0.3 is 14.2 Å². The highest BCUT2D eigenvalue weighted by Gasteiger charge is 2.33. The van der Waals surface area contributed by atoms with Crippen LogP contribution in [0.5, 0.6) is 0 Å². The molecular formula is C16H18O3. The Bertz CT molecular complexity index is 486. The van der Waals surface area contributed by atoms with Gasteiger partial charge in [-0.15, -0.1) is 0 Å². The van der Waals surface area contributed by atoms with E-state index in [4.69, 9.17) is 14.2 Å². The maximum Gasteiger partial charge on any atom is 0.130 e. The molecule has 2 atom stereocenters. The van der Waals surface area contributed by atoms with E-state index in [0.29, 0.717) is 6.61 Å². The largest absolute Gasteiger partial charge is 0.498 e. The first-order valence-corrected chi connectivity index (χ1v) is 6.60. The van der Waals surface area contributed by atoms with Gasteiger partial charge in [-0.1, -0.05) is 42.5 Å². The zero-order valence-corrected chi connectivity index (χ0v) is 11.0. The number of ether oxygens (including phenoxy) is 3. The van der Waals surface area contributed by atoms with Gasteiger partial charge in [0.25, 0.3) is 0 Å². The lowest BCUT2D eigenvalue weighted by atomic mass is 10.00. The van der Waals surface area contributed by atoms with Crippen molar-refractivity contribution in [2.24, 2.45) is 0 Å². The molecule has 0 aromatic heterocycles. The summed E-state index contributed by atoms with van der Waals surface area (Å²) in [6, 6.07) is 10.2. The lowest BCUT2D eigenvalue weighted by molar-refractivity contribution is 0.0274. The summed E-state index contributed by atoms with van der Waals surface area (Å²) in [4.78, 5) is 0. The summed E-state index contributed by atoms with van der Waals surface area (Å²) in [7, 11) is 1.70. The van der Waals surface area contributed by atoms with Crippen molar-refractivity contribution in [1.29, 1.82) is 0 Å². The van der Waals surface area contributed by atoms with Crippen molar-refractivity contribution in [2.75, 3.05) is 13.7 Å². The summed E-state index contributed by atoms with van der Waals surface area (Å²) in [5.41, 5.74) is 2.31. The second-order valence-corrected chi connectivity index (χ2v) is 4.77. The van der Waals surface area contributed by atoms with E-state index in [-0.39, 0.29) is 12.2 Å². The Morgan fingerprint density at radius 2 is 2.05 bits per heavy atom. The normalized spacial score (nSPS) is 25.5. The molecule has 1 aromatic carbocycles. The second kappa shape index (κ2) is 5.59. The van der Waals surface area contributed by atoms with E-state index in [0.717, 1.165) is 24.4 Å². The second-order valence-electron chi connectivity index (χ2n) is 4.77. The van der Waals surface area contributed by atoms with Crippen LogP contribution in [0.2, 0.25) is 0 Å². The number of hydrogen-bond donors (Lipinski definition) is 0. The van der Waals surface area contributed by atoms with Crippen molar-refractivity contribution in [1.82, 2.24) is 0 Å². The molecule has 1 aromatic rings. The van der Waals surface area contributed by atoms with Gasteiger partial charge in [-0.05, 0) is 12.0 Å². The van der Waals surface area contributed by atoms with Crippen molar-refractivity contribution in [3.8, 4) is 0 Å². The molecule has 0 N–H and O–H groups in total. The first kappa shape index (κ1) is 12.5. The van der Waals surface area contributed by atoms with Gasteiger partial charge in [-0.2, -0.15) is 0 Å². The Labute approximate surface area is 113 Å². The molecule has 1 fully saturated rings. The van der Waals surface area contributed by atoms with E-state index >= 15 is 0 Å². The summed E-state index contributed by atoms with van der Waals surface area (Å²) in [6.07, 6.45) is 5.28. The lowest BCUT2D eigenvalue weighted by Crippen LogP contribution is -2.21. The van der Waals surface area contributed by atoms with Crippen molar-refractivity contribution in [3.05, 3.63) is 59.4 Å². The molecule has 1 saturated heterocycles. The van der Waals surface area contributed by atoms with Crippen LogP contribution in [0.4, 0.5) is 0 Å². The average Bonchev–Trinajstić information content (AvgIpc) is 3.30. The van der Waals surface area contributed by atoms with Crippen LogP contribution in [0, 0.1) is 0 Å². The Morgan fingerprint density at radius 3 is 2.74 bits per heavy atom. The fourth-order valence-electron chi connectivity index (χ4n) is 2.35. The van der Waals surface area contributed by atoms with Gasteiger partial charge in [-0.25, -0.2) is 0 Å². The van der Waals surface area contributed by atoms with Crippen LogP contribution in [0.25, 0.3) is 0 Å². The first-order valence-electron chi connectivity index (χ1n) is 6.60. The number of epoxide rings is 1. The average molecular weight is 258 g/mol. The molecule has 3 rings (SSSR count). The van der Waals surface area contributed by atoms with Gasteiger partial charge in [0.05, 0.1) is 20.3 Å². The highest BCUT2D eigenvalue weighted by molar-refractivity contribution is 5.35. The lowest BCUT2D eigenvalue weighted by Gasteiger charge is -2.24. The van der Waals surface area contributed by atoms with Crippen LogP contribution in [-0.2, 0) is 20.8 Å². The zero-order chi connectivity index (χ0) is 13.1. The highest BCUT2D eigenvalue weighted by atomic mass is 16.6. The Kier molecular flexibility index (Phi) is 3.67. The SMILES string of the molecule is COC1=C(C2CO2)C=CCC1OCc1ccccc1. The van der Waals surface area contributed by atoms with Crippen LogP contribution >= 0.6 is 0 Å². The van der Waals surface area contributed by atoms with E-state index < -0.39 is 0 Å². The van der Waals surface area contributed by atoms with Crippen LogP contribution < -0.4 is 0 Å². The minimum absolute atomic E-state index is 0.00518. The molecule has 0 radical (unpaired) electrons. The van der Waals surface area contributed by atoms with E-state index in [9.17, 15) is 0 Å². The predicted molar refractivity (Wildman–Crippen MR) is 72.6 cm³/mol. The minimum Gasteiger partial charge on any atom is -0.498 e. The van der Waals surface area contributed by atoms with Gasteiger partial charge in [0.15, 0.2) is 0 Å². The molecule has 0 bridgehead atoms. The standard InChI is InChI=1S/C16H18O3/c1-17-16-13(15-11-19-15)8-5-9-14(16)18-10-12-6-3-2-4-7-12/h2-8,14-15H,9-11H2,1H3. The fraction of sp³-hybridized carbons (Fsp3) is 0.375. The third kappa shape index (κ3) is 2.88. The van der Waals surface area contributed by atoms with E-state index in [1.54, 1.807) is 7.11 Å². The van der Waals surface area contributed by atoms with Crippen molar-refractivity contribution < 1.29 is 14.2 Å². The molecule has 1 aliphatic heterocycles. The minimum atomic E-state index is -0.00518. The summed E-state index contributed by atoms with van der Waals surface area (Å²) in [5.74, 6) is 0.918. The van der Waals surface area contributed by atoms with Gasteiger partial charge in [0.2, 0.25) is 0 Å². The van der Waals surface area contributed by atoms with Crippen LogP contribution in [0.3, 0.4) is 0 Å². The summed E-state index contributed by atoms with van der Waals surface area (Å²) in [5, 5.41) is 0. The summed E-state index contributed by atoms with van der Waals surface area (Å²) in [6.45, 7) is 1.39. The maximum atomic E-state index is 5.99. The number of methoxy groups -OCH3 is 1. The molecule has 1 aliphatic carbocycles. The molecular weight excluding hydrogens is 240 g/mol. The number of hydrogen-bond acceptors (Lipinski definition) is 3. The predicted octanol–water partition coefficient (Wildman–Crippen LogP) is 2.83. The van der Waals surface area contributed by atoms with E-state index in [1.165, 1.54) is 5.56 Å². The monoisotopic (exact) mass is 258 g/mol. The smallest absolute Gasteiger partial charge is 0.130 e. The topological polar surface area (TPSA) is 31.0 Å². The quantitative estimate of drug-likeness (QED) is 0.761. The molecule has 100 valence electrons. The third-order valence-corrected chi connectivity index (χ3v) is 3.42. The molecule has 0 spiro atoms. The van der Waals surface area contributed by atoms with Gasteiger partial charge in [0.1, 0.15) is 18.0 Å². The molecule has 19 heavy (non-hydrogen) atoms. The van der Waals surface area contributed by atoms with Crippen molar-refractivity contribution in [3.63, 3.8) is 0 Å². The van der Waals surface area contributed by atoms with Crippen LogP contribution in [-0.4, -0.2) is 25.9 Å². The fourth-order valence-corrected chi connectivity index (χ4v) is 2.35. The summed E-state index contributed by atoms with van der Waals surface area (Å²) < 4.78 is 16.9. The van der Waals surface area contributed by atoms with Crippen LogP contribution in [0.1, 0.15) is 12.0 Å². The molecule has 3 heteroatoms. The molecule has 2 aliphatic rings. The molecule has 0 saturated carbocycles. The van der Waals surface area contributed by atoms with Gasteiger partial charge >= 0.3 is 0 Å². The molecule has 1 heterocycles. The summed E-state index contributed by atoms with van der Waals surface area (Å²) >= 11 is 0. The van der Waals surface area contributed by atoms with E-state index in [1.807, 2.05) is 18.2 Å². The zero-order valence-electron chi connectivity index (χ0n) is 11.0. The maximum absolute atomic E-state index is 5.99. The van der Waals surface area contributed by atoms with Crippen LogP contribution in [0.15, 0.2) is 53.8 Å². The molecule has 0 amide bonds. The molecule has 2 unspecified atom stereocenters. The Hall–Kier alpha value is -1.58. The third-order valence-electron chi connectivity index (χ3n) is 3.42. The highest BCUT2D eigenvalue weighted by Crippen LogP contribution is 2.31.